The lowest BCUT2D eigenvalue weighted by molar-refractivity contribution is -0.115. The first-order chi connectivity index (χ1) is 6.24. The van der Waals surface area contributed by atoms with Gasteiger partial charge in [0.1, 0.15) is 11.5 Å². The Labute approximate surface area is 76.3 Å². The summed E-state index contributed by atoms with van der Waals surface area (Å²) in [5.74, 6) is 5.29. The van der Waals surface area contributed by atoms with Gasteiger partial charge in [0.15, 0.2) is 6.39 Å². The van der Waals surface area contributed by atoms with Gasteiger partial charge in [0.05, 0.1) is 6.54 Å². The van der Waals surface area contributed by atoms with Gasteiger partial charge in [-0.1, -0.05) is 5.92 Å². The zero-order valence-electron chi connectivity index (χ0n) is 7.55. The summed E-state index contributed by atoms with van der Waals surface area (Å²) >= 11 is 0. The monoisotopic (exact) mass is 178 g/mol. The quantitative estimate of drug-likeness (QED) is 0.675. The van der Waals surface area contributed by atoms with Crippen LogP contribution >= 0.6 is 0 Å². The highest BCUT2D eigenvalue weighted by Crippen LogP contribution is 2.02. The maximum Gasteiger partial charge on any atom is 0.296 e. The summed E-state index contributed by atoms with van der Waals surface area (Å²) in [6, 6.07) is 0. The van der Waals surface area contributed by atoms with Crippen molar-refractivity contribution in [2.24, 2.45) is 0 Å². The number of nitrogens with one attached hydrogen (secondary N) is 1. The van der Waals surface area contributed by atoms with Crippen LogP contribution < -0.4 is 5.32 Å². The molecule has 0 radical (unpaired) electrons. The Hall–Kier alpha value is -1.76. The third kappa shape index (κ3) is 2.64. The molecule has 4 heteroatoms. The summed E-state index contributed by atoms with van der Waals surface area (Å²) < 4.78 is 4.96. The summed E-state index contributed by atoms with van der Waals surface area (Å²) in [6.07, 6.45) is 1.35. The smallest absolute Gasteiger partial charge is 0.296 e. The van der Waals surface area contributed by atoms with Crippen molar-refractivity contribution in [1.29, 1.82) is 0 Å². The summed E-state index contributed by atoms with van der Waals surface area (Å²) in [4.78, 5) is 14.8. The van der Waals surface area contributed by atoms with Crippen LogP contribution in [0.25, 0.3) is 0 Å². The van der Waals surface area contributed by atoms with Gasteiger partial charge >= 0.3 is 0 Å². The normalized spacial score (nSPS) is 8.77. The number of aromatic nitrogens is 1. The molecule has 0 fully saturated rings. The van der Waals surface area contributed by atoms with Crippen LogP contribution in [0.15, 0.2) is 10.8 Å². The highest BCUT2D eigenvalue weighted by Gasteiger charge is 2.03. The van der Waals surface area contributed by atoms with Gasteiger partial charge in [-0.15, -0.1) is 0 Å². The van der Waals surface area contributed by atoms with Gasteiger partial charge in [-0.3, -0.25) is 4.79 Å². The van der Waals surface area contributed by atoms with Crippen molar-refractivity contribution in [3.63, 3.8) is 0 Å². The fourth-order valence-electron chi connectivity index (χ4n) is 0.820. The Morgan fingerprint density at radius 1 is 1.77 bits per heavy atom. The van der Waals surface area contributed by atoms with E-state index in [4.69, 9.17) is 4.42 Å². The molecule has 1 rings (SSSR count). The molecule has 1 heterocycles. The van der Waals surface area contributed by atoms with E-state index in [-0.39, 0.29) is 5.91 Å². The molecule has 0 aromatic carbocycles. The van der Waals surface area contributed by atoms with Crippen LogP contribution in [0.1, 0.15) is 18.4 Å². The Morgan fingerprint density at radius 3 is 3.08 bits per heavy atom. The van der Waals surface area contributed by atoms with E-state index in [1.807, 2.05) is 0 Å². The maximum atomic E-state index is 10.9. The fourth-order valence-corrected chi connectivity index (χ4v) is 0.820. The minimum absolute atomic E-state index is 0.301. The number of carbonyl (C=O) groups excluding carboxylic acids is 1. The molecule has 0 saturated heterocycles. The van der Waals surface area contributed by atoms with Gasteiger partial charge in [0.2, 0.25) is 0 Å². The van der Waals surface area contributed by atoms with Crippen molar-refractivity contribution in [3.05, 3.63) is 17.8 Å². The lowest BCUT2D eigenvalue weighted by Gasteiger charge is -1.96. The largest absolute Gasteiger partial charge is 0.448 e. The van der Waals surface area contributed by atoms with Crippen LogP contribution in [0, 0.1) is 18.8 Å². The molecule has 0 spiro atoms. The number of aryl methyl sites for hydroxylation is 1. The zero-order chi connectivity index (χ0) is 9.68. The van der Waals surface area contributed by atoms with E-state index in [0.717, 1.165) is 5.69 Å². The predicted molar refractivity (Wildman–Crippen MR) is 46.5 cm³/mol. The van der Waals surface area contributed by atoms with Crippen molar-refractivity contribution >= 4 is 5.91 Å². The molecular weight excluding hydrogens is 168 g/mol. The van der Waals surface area contributed by atoms with Gasteiger partial charge < -0.3 is 9.73 Å². The van der Waals surface area contributed by atoms with Crippen LogP contribution in [0.3, 0.4) is 0 Å². The van der Waals surface area contributed by atoms with Gasteiger partial charge in [-0.25, -0.2) is 4.98 Å². The van der Waals surface area contributed by atoms with Crippen LogP contribution in [0.2, 0.25) is 0 Å². The maximum absolute atomic E-state index is 10.9. The second-order valence-electron chi connectivity index (χ2n) is 2.41. The molecule has 4 nitrogen and oxygen atoms in total. The number of hydrogen-bond donors (Lipinski definition) is 1. The SMILES string of the molecule is CC#CC(=O)NCc1ncoc1C. The molecule has 0 saturated carbocycles. The second kappa shape index (κ2) is 4.31. The third-order valence-electron chi connectivity index (χ3n) is 1.50. The number of hydrogen-bond acceptors (Lipinski definition) is 3. The summed E-state index contributed by atoms with van der Waals surface area (Å²) in [5, 5.41) is 2.59. The van der Waals surface area contributed by atoms with Crippen molar-refractivity contribution in [3.8, 4) is 11.8 Å². The van der Waals surface area contributed by atoms with E-state index in [1.165, 1.54) is 6.39 Å². The summed E-state index contributed by atoms with van der Waals surface area (Å²) in [6.45, 7) is 3.76. The number of nitrogens with zero attached hydrogens (tertiary/aromatic N) is 1. The zero-order valence-corrected chi connectivity index (χ0v) is 7.55. The van der Waals surface area contributed by atoms with E-state index in [9.17, 15) is 4.79 Å². The van der Waals surface area contributed by atoms with E-state index in [0.29, 0.717) is 12.3 Å². The van der Waals surface area contributed by atoms with Crippen molar-refractivity contribution < 1.29 is 9.21 Å². The Kier molecular flexibility index (Phi) is 3.09. The molecule has 0 atom stereocenters. The van der Waals surface area contributed by atoms with Crippen LogP contribution in [-0.4, -0.2) is 10.9 Å². The van der Waals surface area contributed by atoms with Crippen LogP contribution in [0.5, 0.6) is 0 Å². The van der Waals surface area contributed by atoms with Gasteiger partial charge in [-0.2, -0.15) is 0 Å². The predicted octanol–water partition coefficient (Wildman–Crippen LogP) is 0.623. The van der Waals surface area contributed by atoms with Gasteiger partial charge in [0.25, 0.3) is 5.91 Å². The molecule has 0 aliphatic carbocycles. The highest BCUT2D eigenvalue weighted by atomic mass is 16.3. The van der Waals surface area contributed by atoms with E-state index >= 15 is 0 Å². The van der Waals surface area contributed by atoms with E-state index < -0.39 is 0 Å². The average molecular weight is 178 g/mol. The van der Waals surface area contributed by atoms with Gasteiger partial charge in [0, 0.05) is 0 Å². The molecule has 68 valence electrons. The number of oxazole rings is 1. The molecule has 1 amide bonds. The first-order valence-electron chi connectivity index (χ1n) is 3.83. The molecule has 0 bridgehead atoms. The first-order valence-corrected chi connectivity index (χ1v) is 3.83. The molecular formula is C9H10N2O2. The average Bonchev–Trinajstić information content (AvgIpc) is 2.48. The van der Waals surface area contributed by atoms with Crippen molar-refractivity contribution in [2.75, 3.05) is 0 Å². The first kappa shape index (κ1) is 9.33. The minimum atomic E-state index is -0.301. The lowest BCUT2D eigenvalue weighted by Crippen LogP contribution is -2.21. The molecule has 13 heavy (non-hydrogen) atoms. The molecule has 1 aromatic heterocycles. The summed E-state index contributed by atoms with van der Waals surface area (Å²) in [5.41, 5.74) is 0.728. The Bertz CT molecular complexity index is 357. The van der Waals surface area contributed by atoms with E-state index in [1.54, 1.807) is 13.8 Å². The third-order valence-corrected chi connectivity index (χ3v) is 1.50. The summed E-state index contributed by atoms with van der Waals surface area (Å²) in [7, 11) is 0. The lowest BCUT2D eigenvalue weighted by atomic mass is 10.3. The molecule has 0 unspecified atom stereocenters. The van der Waals surface area contributed by atoms with Crippen LogP contribution in [0.4, 0.5) is 0 Å². The fraction of sp³-hybridized carbons (Fsp3) is 0.333. The van der Waals surface area contributed by atoms with Crippen molar-refractivity contribution in [2.45, 2.75) is 20.4 Å². The molecule has 1 aromatic rings. The molecule has 1 N–H and O–H groups in total. The second-order valence-corrected chi connectivity index (χ2v) is 2.41. The number of rotatable bonds is 2. The van der Waals surface area contributed by atoms with Crippen molar-refractivity contribution in [1.82, 2.24) is 10.3 Å². The van der Waals surface area contributed by atoms with Gasteiger partial charge in [-0.05, 0) is 19.8 Å². The minimum Gasteiger partial charge on any atom is -0.448 e. The number of carbonyl (C=O) groups is 1. The van der Waals surface area contributed by atoms with E-state index in [2.05, 4.69) is 22.1 Å². The highest BCUT2D eigenvalue weighted by molar-refractivity contribution is 5.93. The Morgan fingerprint density at radius 2 is 2.54 bits per heavy atom. The molecule has 0 aliphatic heterocycles. The van der Waals surface area contributed by atoms with Crippen LogP contribution in [-0.2, 0) is 11.3 Å². The molecule has 0 aliphatic rings. The number of amides is 1. The topological polar surface area (TPSA) is 55.1 Å². The standard InChI is InChI=1S/C9H10N2O2/c1-3-4-9(12)10-5-8-7(2)13-6-11-8/h6H,5H2,1-2H3,(H,10,12). The Balaban J connectivity index is 2.47.